The lowest BCUT2D eigenvalue weighted by molar-refractivity contribution is 0.0756. The van der Waals surface area contributed by atoms with Crippen LogP contribution in [0.3, 0.4) is 0 Å². The zero-order chi connectivity index (χ0) is 16.1. The number of aromatic nitrogens is 1. The number of anilines is 2. The Kier molecular flexibility index (Phi) is 4.86. The van der Waals surface area contributed by atoms with Crippen molar-refractivity contribution in [1.29, 1.82) is 0 Å². The standard InChI is InChI=1S/C18H20FN3O/c19-14-6-5-7-15(12-14)21-16-8-9-17(20-13-16)18(23)22-10-3-1-2-4-11-22/h5-9,12-13,21H,1-4,10-11H2. The molecule has 0 spiro atoms. The van der Waals surface area contributed by atoms with Gasteiger partial charge in [-0.05, 0) is 43.2 Å². The molecule has 0 radical (unpaired) electrons. The topological polar surface area (TPSA) is 45.2 Å². The molecule has 0 bridgehead atoms. The first kappa shape index (κ1) is 15.5. The lowest BCUT2D eigenvalue weighted by Gasteiger charge is -2.19. The molecular formula is C18H20FN3O. The number of nitrogens with one attached hydrogen (secondary N) is 1. The molecule has 0 unspecified atom stereocenters. The van der Waals surface area contributed by atoms with E-state index in [4.69, 9.17) is 0 Å². The van der Waals surface area contributed by atoms with Crippen molar-refractivity contribution in [2.75, 3.05) is 18.4 Å². The third kappa shape index (κ3) is 4.06. The Morgan fingerprint density at radius 2 is 1.83 bits per heavy atom. The van der Waals surface area contributed by atoms with Gasteiger partial charge >= 0.3 is 0 Å². The molecule has 1 aliphatic rings. The Balaban J connectivity index is 1.67. The van der Waals surface area contributed by atoms with Gasteiger partial charge in [0.2, 0.25) is 0 Å². The molecule has 1 fully saturated rings. The molecule has 3 rings (SSSR count). The van der Waals surface area contributed by atoms with Crippen LogP contribution in [0.4, 0.5) is 15.8 Å². The normalized spacial score (nSPS) is 15.1. The summed E-state index contributed by atoms with van der Waals surface area (Å²) in [5, 5.41) is 3.07. The van der Waals surface area contributed by atoms with E-state index in [1.807, 2.05) is 4.90 Å². The smallest absolute Gasteiger partial charge is 0.272 e. The van der Waals surface area contributed by atoms with Crippen LogP contribution in [0.2, 0.25) is 0 Å². The number of carbonyl (C=O) groups is 1. The molecule has 4 nitrogen and oxygen atoms in total. The average Bonchev–Trinajstić information content (AvgIpc) is 2.84. The molecule has 1 amide bonds. The Bertz CT molecular complexity index is 664. The lowest BCUT2D eigenvalue weighted by atomic mass is 10.2. The molecule has 1 aromatic carbocycles. The molecule has 0 atom stereocenters. The van der Waals surface area contributed by atoms with Gasteiger partial charge in [-0.1, -0.05) is 18.9 Å². The van der Waals surface area contributed by atoms with Gasteiger partial charge in [-0.2, -0.15) is 0 Å². The predicted octanol–water partition coefficient (Wildman–Crippen LogP) is 3.98. The van der Waals surface area contributed by atoms with E-state index in [-0.39, 0.29) is 11.7 Å². The van der Waals surface area contributed by atoms with Crippen molar-refractivity contribution in [2.45, 2.75) is 25.7 Å². The van der Waals surface area contributed by atoms with Crippen LogP contribution in [-0.2, 0) is 0 Å². The summed E-state index contributed by atoms with van der Waals surface area (Å²) in [6.07, 6.45) is 6.10. The molecule has 1 N–H and O–H groups in total. The quantitative estimate of drug-likeness (QED) is 0.932. The van der Waals surface area contributed by atoms with E-state index in [0.29, 0.717) is 11.4 Å². The summed E-state index contributed by atoms with van der Waals surface area (Å²) in [6.45, 7) is 1.62. The third-order valence-electron chi connectivity index (χ3n) is 3.99. The van der Waals surface area contributed by atoms with Crippen LogP contribution in [0.15, 0.2) is 42.6 Å². The number of hydrogen-bond acceptors (Lipinski definition) is 3. The van der Waals surface area contributed by atoms with E-state index in [1.165, 1.54) is 25.0 Å². The molecule has 2 aromatic rings. The van der Waals surface area contributed by atoms with Crippen molar-refractivity contribution < 1.29 is 9.18 Å². The van der Waals surface area contributed by atoms with E-state index in [2.05, 4.69) is 10.3 Å². The highest BCUT2D eigenvalue weighted by Gasteiger charge is 2.18. The molecule has 23 heavy (non-hydrogen) atoms. The van der Waals surface area contributed by atoms with Gasteiger partial charge < -0.3 is 10.2 Å². The second-order valence-corrected chi connectivity index (χ2v) is 5.77. The van der Waals surface area contributed by atoms with Crippen LogP contribution < -0.4 is 5.32 Å². The highest BCUT2D eigenvalue weighted by atomic mass is 19.1. The lowest BCUT2D eigenvalue weighted by Crippen LogP contribution is -2.32. The van der Waals surface area contributed by atoms with Gasteiger partial charge in [0.25, 0.3) is 5.91 Å². The summed E-state index contributed by atoms with van der Waals surface area (Å²) in [4.78, 5) is 18.6. The van der Waals surface area contributed by atoms with Gasteiger partial charge in [0.15, 0.2) is 0 Å². The predicted molar refractivity (Wildman–Crippen MR) is 88.3 cm³/mol. The fraction of sp³-hybridized carbons (Fsp3) is 0.333. The number of rotatable bonds is 3. The van der Waals surface area contributed by atoms with E-state index < -0.39 is 0 Å². The zero-order valence-electron chi connectivity index (χ0n) is 13.0. The van der Waals surface area contributed by atoms with Crippen LogP contribution in [0.1, 0.15) is 36.2 Å². The number of pyridine rings is 1. The number of amides is 1. The van der Waals surface area contributed by atoms with E-state index in [9.17, 15) is 9.18 Å². The van der Waals surface area contributed by atoms with E-state index >= 15 is 0 Å². The maximum absolute atomic E-state index is 13.2. The second-order valence-electron chi connectivity index (χ2n) is 5.77. The Morgan fingerprint density at radius 1 is 1.04 bits per heavy atom. The number of likely N-dealkylation sites (tertiary alicyclic amines) is 1. The van der Waals surface area contributed by atoms with Crippen LogP contribution in [0.5, 0.6) is 0 Å². The first-order chi connectivity index (χ1) is 11.2. The van der Waals surface area contributed by atoms with Crippen molar-refractivity contribution in [1.82, 2.24) is 9.88 Å². The molecular weight excluding hydrogens is 293 g/mol. The summed E-state index contributed by atoms with van der Waals surface area (Å²) < 4.78 is 13.2. The minimum absolute atomic E-state index is 0.00999. The first-order valence-corrected chi connectivity index (χ1v) is 8.00. The van der Waals surface area contributed by atoms with Crippen LogP contribution in [0.25, 0.3) is 0 Å². The van der Waals surface area contributed by atoms with E-state index in [1.54, 1.807) is 30.5 Å². The summed E-state index contributed by atoms with van der Waals surface area (Å²) in [7, 11) is 0. The van der Waals surface area contributed by atoms with Crippen molar-refractivity contribution >= 4 is 17.3 Å². The Labute approximate surface area is 135 Å². The van der Waals surface area contributed by atoms with Crippen molar-refractivity contribution in [3.63, 3.8) is 0 Å². The third-order valence-corrected chi connectivity index (χ3v) is 3.99. The van der Waals surface area contributed by atoms with Gasteiger partial charge in [0, 0.05) is 18.8 Å². The Morgan fingerprint density at radius 3 is 2.48 bits per heavy atom. The van der Waals surface area contributed by atoms with Crippen molar-refractivity contribution in [2.24, 2.45) is 0 Å². The SMILES string of the molecule is O=C(c1ccc(Nc2cccc(F)c2)cn1)N1CCCCCC1. The van der Waals surface area contributed by atoms with Crippen molar-refractivity contribution in [3.8, 4) is 0 Å². The van der Waals surface area contributed by atoms with Gasteiger partial charge in [-0.3, -0.25) is 4.79 Å². The molecule has 0 saturated carbocycles. The maximum atomic E-state index is 13.2. The number of halogens is 1. The highest BCUT2D eigenvalue weighted by Crippen LogP contribution is 2.18. The van der Waals surface area contributed by atoms with Gasteiger partial charge in [-0.15, -0.1) is 0 Å². The monoisotopic (exact) mass is 313 g/mol. The fourth-order valence-electron chi connectivity index (χ4n) is 2.76. The fourth-order valence-corrected chi connectivity index (χ4v) is 2.76. The highest BCUT2D eigenvalue weighted by molar-refractivity contribution is 5.92. The number of benzene rings is 1. The Hall–Kier alpha value is -2.43. The summed E-state index contributed by atoms with van der Waals surface area (Å²) in [5.74, 6) is -0.305. The summed E-state index contributed by atoms with van der Waals surface area (Å²) >= 11 is 0. The molecule has 120 valence electrons. The largest absolute Gasteiger partial charge is 0.354 e. The first-order valence-electron chi connectivity index (χ1n) is 8.00. The molecule has 1 aliphatic heterocycles. The summed E-state index contributed by atoms with van der Waals surface area (Å²) in [5.41, 5.74) is 1.83. The van der Waals surface area contributed by atoms with E-state index in [0.717, 1.165) is 31.6 Å². The van der Waals surface area contributed by atoms with Gasteiger partial charge in [-0.25, -0.2) is 9.37 Å². The van der Waals surface area contributed by atoms with Crippen molar-refractivity contribution in [3.05, 3.63) is 54.1 Å². The summed E-state index contributed by atoms with van der Waals surface area (Å²) in [6, 6.07) is 9.74. The average molecular weight is 313 g/mol. The maximum Gasteiger partial charge on any atom is 0.272 e. The van der Waals surface area contributed by atoms with Gasteiger partial charge in [0.05, 0.1) is 11.9 Å². The molecule has 2 heterocycles. The molecule has 1 aromatic heterocycles. The second kappa shape index (κ2) is 7.22. The minimum atomic E-state index is -0.295. The molecule has 0 aliphatic carbocycles. The minimum Gasteiger partial charge on any atom is -0.354 e. The number of carbonyl (C=O) groups excluding carboxylic acids is 1. The van der Waals surface area contributed by atoms with Crippen LogP contribution >= 0.6 is 0 Å². The zero-order valence-corrected chi connectivity index (χ0v) is 13.0. The van der Waals surface area contributed by atoms with Crippen LogP contribution in [0, 0.1) is 5.82 Å². The number of hydrogen-bond donors (Lipinski definition) is 1. The number of nitrogens with zero attached hydrogens (tertiary/aromatic N) is 2. The van der Waals surface area contributed by atoms with Crippen LogP contribution in [-0.4, -0.2) is 28.9 Å². The van der Waals surface area contributed by atoms with Gasteiger partial charge in [0.1, 0.15) is 11.5 Å². The molecule has 5 heteroatoms. The molecule has 1 saturated heterocycles.